The number of alkyl carbamates (subject to hydrolysis) is 1. The number of likely N-dealkylation sites (N-methyl/N-ethyl adjacent to an activating group) is 1. The van der Waals surface area contributed by atoms with Gasteiger partial charge in [0.2, 0.25) is 5.91 Å². The molecule has 0 heterocycles. The highest BCUT2D eigenvalue weighted by Crippen LogP contribution is 2.44. The minimum absolute atomic E-state index is 0.0839. The Morgan fingerprint density at radius 1 is 1.03 bits per heavy atom. The van der Waals surface area contributed by atoms with E-state index in [-0.39, 0.29) is 12.5 Å². The van der Waals surface area contributed by atoms with Crippen molar-refractivity contribution in [1.82, 2.24) is 10.2 Å². The van der Waals surface area contributed by atoms with Crippen LogP contribution in [-0.2, 0) is 14.3 Å². The van der Waals surface area contributed by atoms with Gasteiger partial charge in [-0.15, -0.1) is 0 Å². The highest BCUT2D eigenvalue weighted by molar-refractivity contribution is 5.94. The van der Waals surface area contributed by atoms with Crippen molar-refractivity contribution >= 4 is 18.0 Å². The number of hydrogen-bond donors (Lipinski definition) is 2. The van der Waals surface area contributed by atoms with E-state index in [0.29, 0.717) is 25.7 Å². The van der Waals surface area contributed by atoms with Crippen LogP contribution in [0, 0.1) is 0 Å². The Morgan fingerprint density at radius 2 is 1.56 bits per heavy atom. The number of carbonyl (C=O) groups excluding carboxylic acids is 2. The first-order valence-electron chi connectivity index (χ1n) is 11.9. The molecule has 2 amide bonds. The van der Waals surface area contributed by atoms with Gasteiger partial charge >= 0.3 is 12.1 Å². The Labute approximate surface area is 200 Å². The average Bonchev–Trinajstić information content (AvgIpc) is 3.13. The third kappa shape index (κ3) is 3.73. The minimum atomic E-state index is -1.23. The molecule has 7 nitrogen and oxygen atoms in total. The molecule has 0 unspecified atom stereocenters. The second-order valence-corrected chi connectivity index (χ2v) is 9.29. The number of hydrogen-bond acceptors (Lipinski definition) is 4. The van der Waals surface area contributed by atoms with E-state index in [0.717, 1.165) is 28.7 Å². The SMILES string of the molecule is CCC(CC)(NC(=O)OCC1c2ccccc2-c2ccccc21)C(=O)N(C)C1(C(=O)O)CCC1. The molecule has 0 atom stereocenters. The molecule has 180 valence electrons. The summed E-state index contributed by atoms with van der Waals surface area (Å²) >= 11 is 0. The van der Waals surface area contributed by atoms with E-state index in [2.05, 4.69) is 17.4 Å². The van der Waals surface area contributed by atoms with Crippen molar-refractivity contribution in [3.63, 3.8) is 0 Å². The van der Waals surface area contributed by atoms with Gasteiger partial charge in [-0.2, -0.15) is 0 Å². The molecule has 1 fully saturated rings. The number of fused-ring (bicyclic) bond motifs is 3. The second kappa shape index (κ2) is 9.12. The number of aliphatic carboxylic acids is 1. The van der Waals surface area contributed by atoms with Crippen LogP contribution in [-0.4, -0.2) is 52.7 Å². The summed E-state index contributed by atoms with van der Waals surface area (Å²) in [4.78, 5) is 39.7. The summed E-state index contributed by atoms with van der Waals surface area (Å²) in [5.41, 5.74) is 2.07. The van der Waals surface area contributed by atoms with Gasteiger partial charge in [-0.05, 0) is 54.4 Å². The summed E-state index contributed by atoms with van der Waals surface area (Å²) in [6.07, 6.45) is 1.57. The molecule has 0 saturated heterocycles. The lowest BCUT2D eigenvalue weighted by Crippen LogP contribution is -2.67. The van der Waals surface area contributed by atoms with Gasteiger partial charge in [0.05, 0.1) is 0 Å². The van der Waals surface area contributed by atoms with Crippen LogP contribution >= 0.6 is 0 Å². The number of carboxylic acids is 1. The van der Waals surface area contributed by atoms with Gasteiger partial charge in [-0.3, -0.25) is 4.79 Å². The molecule has 0 aliphatic heterocycles. The zero-order valence-corrected chi connectivity index (χ0v) is 20.0. The topological polar surface area (TPSA) is 95.9 Å². The van der Waals surface area contributed by atoms with Crippen molar-refractivity contribution in [3.8, 4) is 11.1 Å². The van der Waals surface area contributed by atoms with Crippen LogP contribution in [0.4, 0.5) is 4.79 Å². The third-order valence-electron chi connectivity index (χ3n) is 7.83. The molecular weight excluding hydrogens is 432 g/mol. The molecule has 0 spiro atoms. The van der Waals surface area contributed by atoms with Crippen molar-refractivity contribution in [2.75, 3.05) is 13.7 Å². The Kier molecular flexibility index (Phi) is 6.39. The van der Waals surface area contributed by atoms with Crippen molar-refractivity contribution < 1.29 is 24.2 Å². The molecule has 2 N–H and O–H groups in total. The summed E-state index contributed by atoms with van der Waals surface area (Å²) in [7, 11) is 1.52. The van der Waals surface area contributed by atoms with Crippen LogP contribution in [0.25, 0.3) is 11.1 Å². The van der Waals surface area contributed by atoms with Gasteiger partial charge in [-0.1, -0.05) is 62.4 Å². The maximum Gasteiger partial charge on any atom is 0.408 e. The molecule has 4 rings (SSSR count). The summed E-state index contributed by atoms with van der Waals surface area (Å²) in [5.74, 6) is -1.48. The largest absolute Gasteiger partial charge is 0.479 e. The van der Waals surface area contributed by atoms with Gasteiger partial charge in [0.1, 0.15) is 17.7 Å². The number of carboxylic acid groups (broad SMARTS) is 1. The summed E-state index contributed by atoms with van der Waals surface area (Å²) in [6.45, 7) is 3.77. The minimum Gasteiger partial charge on any atom is -0.479 e. The van der Waals surface area contributed by atoms with E-state index < -0.39 is 29.0 Å². The van der Waals surface area contributed by atoms with Crippen molar-refractivity contribution in [2.45, 2.75) is 62.9 Å². The van der Waals surface area contributed by atoms with E-state index in [1.54, 1.807) is 0 Å². The number of nitrogens with one attached hydrogen (secondary N) is 1. The average molecular weight is 465 g/mol. The zero-order chi connectivity index (χ0) is 24.5. The summed E-state index contributed by atoms with van der Waals surface area (Å²) < 4.78 is 5.67. The summed E-state index contributed by atoms with van der Waals surface area (Å²) in [6, 6.07) is 16.2. The maximum atomic E-state index is 13.5. The van der Waals surface area contributed by atoms with Crippen LogP contribution < -0.4 is 5.32 Å². The molecule has 2 aliphatic carbocycles. The second-order valence-electron chi connectivity index (χ2n) is 9.29. The molecule has 7 heteroatoms. The molecule has 0 radical (unpaired) electrons. The Hall–Kier alpha value is -3.35. The normalized spacial score (nSPS) is 16.1. The maximum absolute atomic E-state index is 13.5. The Balaban J connectivity index is 1.49. The number of benzene rings is 2. The van der Waals surface area contributed by atoms with E-state index in [1.807, 2.05) is 50.2 Å². The van der Waals surface area contributed by atoms with E-state index in [4.69, 9.17) is 4.74 Å². The number of carbonyl (C=O) groups is 3. The third-order valence-corrected chi connectivity index (χ3v) is 7.83. The van der Waals surface area contributed by atoms with Gasteiger partial charge in [0.25, 0.3) is 0 Å². The van der Waals surface area contributed by atoms with E-state index in [1.165, 1.54) is 11.9 Å². The van der Waals surface area contributed by atoms with Crippen LogP contribution in [0.5, 0.6) is 0 Å². The molecule has 2 aliphatic rings. The zero-order valence-electron chi connectivity index (χ0n) is 20.0. The molecule has 2 aromatic carbocycles. The van der Waals surface area contributed by atoms with Crippen molar-refractivity contribution in [1.29, 1.82) is 0 Å². The molecular formula is C27H32N2O5. The molecule has 0 aromatic heterocycles. The van der Waals surface area contributed by atoms with Gasteiger partial charge in [0, 0.05) is 13.0 Å². The van der Waals surface area contributed by atoms with Crippen LogP contribution in [0.1, 0.15) is 63.0 Å². The monoisotopic (exact) mass is 464 g/mol. The van der Waals surface area contributed by atoms with Crippen molar-refractivity contribution in [3.05, 3.63) is 59.7 Å². The number of rotatable bonds is 8. The fraction of sp³-hybridized carbons (Fsp3) is 0.444. The fourth-order valence-corrected chi connectivity index (χ4v) is 5.33. The standard InChI is InChI=1S/C27H32N2O5/c1-4-26(5-2,23(30)29(3)27(24(31)32)15-10-16-27)28-25(33)34-17-22-20-13-8-6-11-18(20)19-12-7-9-14-21(19)22/h6-9,11-14,22H,4-5,10,15-17H2,1-3H3,(H,28,33)(H,31,32). The first-order chi connectivity index (χ1) is 16.3. The molecule has 2 aromatic rings. The highest BCUT2D eigenvalue weighted by atomic mass is 16.5. The van der Waals surface area contributed by atoms with Crippen molar-refractivity contribution in [2.24, 2.45) is 0 Å². The predicted octanol–water partition coefficient (Wildman–Crippen LogP) is 4.55. The Bertz CT molecular complexity index is 1060. The lowest BCUT2D eigenvalue weighted by molar-refractivity contribution is -0.167. The van der Waals surface area contributed by atoms with Crippen LogP contribution in [0.15, 0.2) is 48.5 Å². The fourth-order valence-electron chi connectivity index (χ4n) is 5.33. The predicted molar refractivity (Wildman–Crippen MR) is 129 cm³/mol. The first-order valence-corrected chi connectivity index (χ1v) is 11.9. The molecule has 0 bridgehead atoms. The van der Waals surface area contributed by atoms with E-state index >= 15 is 0 Å². The summed E-state index contributed by atoms with van der Waals surface area (Å²) in [5, 5.41) is 12.6. The van der Waals surface area contributed by atoms with Gasteiger partial charge in [-0.25, -0.2) is 9.59 Å². The van der Waals surface area contributed by atoms with Crippen LogP contribution in [0.3, 0.4) is 0 Å². The highest BCUT2D eigenvalue weighted by Gasteiger charge is 2.53. The lowest BCUT2D eigenvalue weighted by atomic mass is 9.74. The molecule has 34 heavy (non-hydrogen) atoms. The van der Waals surface area contributed by atoms with E-state index in [9.17, 15) is 19.5 Å². The number of ether oxygens (including phenoxy) is 1. The smallest absolute Gasteiger partial charge is 0.408 e. The molecule has 1 saturated carbocycles. The lowest BCUT2D eigenvalue weighted by Gasteiger charge is -2.48. The quantitative estimate of drug-likeness (QED) is 0.598. The van der Waals surface area contributed by atoms with Crippen LogP contribution in [0.2, 0.25) is 0 Å². The van der Waals surface area contributed by atoms with Gasteiger partial charge < -0.3 is 20.1 Å². The first kappa shape index (κ1) is 23.8. The Morgan fingerprint density at radius 3 is 2.00 bits per heavy atom. The number of nitrogens with zero attached hydrogens (tertiary/aromatic N) is 1. The van der Waals surface area contributed by atoms with Gasteiger partial charge in [0.15, 0.2) is 0 Å². The number of amides is 2.